The summed E-state index contributed by atoms with van der Waals surface area (Å²) in [6, 6.07) is 13.9. The van der Waals surface area contributed by atoms with Crippen LogP contribution >= 0.6 is 0 Å². The fourth-order valence-electron chi connectivity index (χ4n) is 3.06. The topological polar surface area (TPSA) is 50.7 Å². The van der Waals surface area contributed by atoms with Crippen molar-refractivity contribution in [2.45, 2.75) is 25.1 Å². The van der Waals surface area contributed by atoms with Crippen LogP contribution in [0.3, 0.4) is 0 Å². The van der Waals surface area contributed by atoms with Gasteiger partial charge >= 0.3 is 0 Å². The third kappa shape index (κ3) is 2.80. The zero-order chi connectivity index (χ0) is 15.5. The molecule has 1 aliphatic rings. The van der Waals surface area contributed by atoms with Crippen molar-refractivity contribution >= 4 is 0 Å². The average molecular weight is 299 g/mol. The van der Waals surface area contributed by atoms with Crippen molar-refractivity contribution in [1.29, 1.82) is 0 Å². The van der Waals surface area contributed by atoms with E-state index in [0.717, 1.165) is 17.1 Å². The summed E-state index contributed by atoms with van der Waals surface area (Å²) in [5, 5.41) is 13.7. The van der Waals surface area contributed by atoms with E-state index >= 15 is 0 Å². The molecule has 0 bridgehead atoms. The Bertz CT molecular complexity index is 657. The van der Waals surface area contributed by atoms with Crippen molar-refractivity contribution in [3.63, 3.8) is 0 Å². The maximum absolute atomic E-state index is 10.3. The molecule has 4 nitrogen and oxygen atoms in total. The fraction of sp³-hybridized carbons (Fsp3) is 0.333. The summed E-state index contributed by atoms with van der Waals surface area (Å²) >= 11 is 0. The van der Waals surface area contributed by atoms with E-state index in [-0.39, 0.29) is 6.04 Å². The van der Waals surface area contributed by atoms with Crippen LogP contribution in [0.2, 0.25) is 0 Å². The van der Waals surface area contributed by atoms with Crippen molar-refractivity contribution in [2.24, 2.45) is 0 Å². The van der Waals surface area contributed by atoms with E-state index in [1.807, 2.05) is 30.3 Å². The number of hydrogen-bond acceptors (Lipinski definition) is 4. The molecule has 0 heterocycles. The van der Waals surface area contributed by atoms with E-state index in [0.29, 0.717) is 13.0 Å². The predicted molar refractivity (Wildman–Crippen MR) is 85.3 cm³/mol. The van der Waals surface area contributed by atoms with Crippen LogP contribution in [-0.2, 0) is 13.0 Å². The molecule has 2 aromatic carbocycles. The summed E-state index contributed by atoms with van der Waals surface area (Å²) in [6.45, 7) is 0.608. The SMILES string of the molecule is COc1ccc(OC)c(CN[C@@H]2c3ccccc3C[C@@H]2O)c1. The van der Waals surface area contributed by atoms with Crippen molar-refractivity contribution in [2.75, 3.05) is 14.2 Å². The van der Waals surface area contributed by atoms with Gasteiger partial charge in [0.2, 0.25) is 0 Å². The first-order valence-corrected chi connectivity index (χ1v) is 7.43. The van der Waals surface area contributed by atoms with E-state index in [1.54, 1.807) is 14.2 Å². The molecule has 0 aromatic heterocycles. The van der Waals surface area contributed by atoms with E-state index in [2.05, 4.69) is 17.4 Å². The smallest absolute Gasteiger partial charge is 0.123 e. The lowest BCUT2D eigenvalue weighted by Gasteiger charge is -2.19. The number of rotatable bonds is 5. The summed E-state index contributed by atoms with van der Waals surface area (Å²) in [5.74, 6) is 1.61. The minimum absolute atomic E-state index is 0.0490. The molecule has 22 heavy (non-hydrogen) atoms. The number of methoxy groups -OCH3 is 2. The van der Waals surface area contributed by atoms with Gasteiger partial charge < -0.3 is 19.9 Å². The first-order valence-electron chi connectivity index (χ1n) is 7.43. The zero-order valence-corrected chi connectivity index (χ0v) is 12.9. The third-order valence-electron chi connectivity index (χ3n) is 4.20. The molecular formula is C18H21NO3. The monoisotopic (exact) mass is 299 g/mol. The molecule has 0 fully saturated rings. The summed E-state index contributed by atoms with van der Waals surface area (Å²) in [4.78, 5) is 0. The number of fused-ring (bicyclic) bond motifs is 1. The highest BCUT2D eigenvalue weighted by atomic mass is 16.5. The number of benzene rings is 2. The van der Waals surface area contributed by atoms with Gasteiger partial charge in [-0.2, -0.15) is 0 Å². The van der Waals surface area contributed by atoms with Crippen LogP contribution in [0.4, 0.5) is 0 Å². The molecule has 0 saturated carbocycles. The van der Waals surface area contributed by atoms with Crippen molar-refractivity contribution in [3.8, 4) is 11.5 Å². The quantitative estimate of drug-likeness (QED) is 0.890. The maximum Gasteiger partial charge on any atom is 0.123 e. The van der Waals surface area contributed by atoms with E-state index in [4.69, 9.17) is 9.47 Å². The van der Waals surface area contributed by atoms with Gasteiger partial charge in [0.25, 0.3) is 0 Å². The van der Waals surface area contributed by atoms with Crippen molar-refractivity contribution in [3.05, 3.63) is 59.2 Å². The van der Waals surface area contributed by atoms with Crippen LogP contribution in [0.1, 0.15) is 22.7 Å². The Labute approximate surface area is 130 Å². The second-order valence-electron chi connectivity index (χ2n) is 5.51. The maximum atomic E-state index is 10.3. The van der Waals surface area contributed by atoms with Crippen molar-refractivity contribution in [1.82, 2.24) is 5.32 Å². The first kappa shape index (κ1) is 14.9. The van der Waals surface area contributed by atoms with Crippen LogP contribution in [0.15, 0.2) is 42.5 Å². The van der Waals surface area contributed by atoms with Gasteiger partial charge in [0.15, 0.2) is 0 Å². The van der Waals surface area contributed by atoms with E-state index < -0.39 is 6.10 Å². The van der Waals surface area contributed by atoms with Crippen LogP contribution in [0.25, 0.3) is 0 Å². The summed E-state index contributed by atoms with van der Waals surface area (Å²) < 4.78 is 10.7. The molecule has 0 saturated heterocycles. The van der Waals surface area contributed by atoms with Crippen LogP contribution < -0.4 is 14.8 Å². The summed E-state index contributed by atoms with van der Waals surface area (Å²) in [6.07, 6.45) is 0.303. The molecule has 0 aliphatic heterocycles. The number of aliphatic hydroxyl groups is 1. The van der Waals surface area contributed by atoms with Gasteiger partial charge in [-0.15, -0.1) is 0 Å². The van der Waals surface area contributed by atoms with Crippen LogP contribution in [0, 0.1) is 0 Å². The van der Waals surface area contributed by atoms with Gasteiger partial charge in [0.05, 0.1) is 26.4 Å². The highest BCUT2D eigenvalue weighted by Crippen LogP contribution is 2.32. The number of hydrogen-bond donors (Lipinski definition) is 2. The molecule has 2 aromatic rings. The Morgan fingerprint density at radius 2 is 1.95 bits per heavy atom. The van der Waals surface area contributed by atoms with Gasteiger partial charge in [-0.3, -0.25) is 0 Å². The number of nitrogens with one attached hydrogen (secondary N) is 1. The Kier molecular flexibility index (Phi) is 4.32. The van der Waals surface area contributed by atoms with Gasteiger partial charge in [-0.1, -0.05) is 24.3 Å². The Morgan fingerprint density at radius 1 is 1.14 bits per heavy atom. The molecule has 4 heteroatoms. The predicted octanol–water partition coefficient (Wildman–Crippen LogP) is 2.45. The number of ether oxygens (including phenoxy) is 2. The zero-order valence-electron chi connectivity index (χ0n) is 12.9. The lowest BCUT2D eigenvalue weighted by Crippen LogP contribution is -2.28. The van der Waals surface area contributed by atoms with Crippen LogP contribution in [0.5, 0.6) is 11.5 Å². The minimum Gasteiger partial charge on any atom is -0.497 e. The average Bonchev–Trinajstić information content (AvgIpc) is 2.87. The Hall–Kier alpha value is -2.04. The molecular weight excluding hydrogens is 278 g/mol. The lowest BCUT2D eigenvalue weighted by atomic mass is 10.1. The minimum atomic E-state index is -0.394. The summed E-state index contributed by atoms with van der Waals surface area (Å²) in [5.41, 5.74) is 3.40. The molecule has 0 unspecified atom stereocenters. The van der Waals surface area contributed by atoms with Gasteiger partial charge in [0.1, 0.15) is 11.5 Å². The molecule has 1 aliphatic carbocycles. The lowest BCUT2D eigenvalue weighted by molar-refractivity contribution is 0.140. The molecule has 2 N–H and O–H groups in total. The van der Waals surface area contributed by atoms with Gasteiger partial charge in [-0.25, -0.2) is 0 Å². The summed E-state index contributed by atoms with van der Waals surface area (Å²) in [7, 11) is 3.31. The highest BCUT2D eigenvalue weighted by molar-refractivity contribution is 5.41. The second-order valence-corrected chi connectivity index (χ2v) is 5.51. The van der Waals surface area contributed by atoms with Gasteiger partial charge in [0, 0.05) is 18.5 Å². The standard InChI is InChI=1S/C18H21NO3/c1-21-14-7-8-17(22-2)13(9-14)11-19-18-15-6-4-3-5-12(15)10-16(18)20/h3-9,16,18-20H,10-11H2,1-2H3/t16-,18+/m0/s1. The molecule has 2 atom stereocenters. The molecule has 0 spiro atoms. The van der Waals surface area contributed by atoms with E-state index in [1.165, 1.54) is 11.1 Å². The largest absolute Gasteiger partial charge is 0.497 e. The third-order valence-corrected chi connectivity index (χ3v) is 4.20. The Balaban J connectivity index is 1.78. The van der Waals surface area contributed by atoms with Crippen molar-refractivity contribution < 1.29 is 14.6 Å². The molecule has 116 valence electrons. The van der Waals surface area contributed by atoms with Crippen LogP contribution in [-0.4, -0.2) is 25.4 Å². The highest BCUT2D eigenvalue weighted by Gasteiger charge is 2.30. The fourth-order valence-corrected chi connectivity index (χ4v) is 3.06. The number of aliphatic hydroxyl groups excluding tert-OH is 1. The first-order chi connectivity index (χ1) is 10.7. The second kappa shape index (κ2) is 6.38. The van der Waals surface area contributed by atoms with Gasteiger partial charge in [-0.05, 0) is 29.3 Å². The molecule has 0 amide bonds. The normalized spacial score (nSPS) is 19.8. The molecule has 3 rings (SSSR count). The molecule has 0 radical (unpaired) electrons. The Morgan fingerprint density at radius 3 is 2.73 bits per heavy atom. The van der Waals surface area contributed by atoms with E-state index in [9.17, 15) is 5.11 Å².